The fourth-order valence-corrected chi connectivity index (χ4v) is 9.73. The monoisotopic (exact) mass is 1050 g/mol. The average Bonchev–Trinajstić information content (AvgIpc) is 3.65. The third kappa shape index (κ3) is 13.6. The van der Waals surface area contributed by atoms with Crippen LogP contribution in [0.2, 0.25) is 0 Å². The van der Waals surface area contributed by atoms with Gasteiger partial charge in [-0.25, -0.2) is 17.8 Å². The number of hydrogen-bond acceptors (Lipinski definition) is 16. The van der Waals surface area contributed by atoms with Crippen LogP contribution < -0.4 is 26.4 Å². The molecule has 0 radical (unpaired) electrons. The summed E-state index contributed by atoms with van der Waals surface area (Å²) in [4.78, 5) is 79.9. The second-order valence-electron chi connectivity index (χ2n) is 17.6. The largest absolute Gasteiger partial charge is 0.383 e. The predicted molar refractivity (Wildman–Crippen MR) is 272 cm³/mol. The molecule has 75 heavy (non-hydrogen) atoms. The van der Waals surface area contributed by atoms with Gasteiger partial charge in [-0.2, -0.15) is 0 Å². The highest BCUT2D eigenvalue weighted by Gasteiger charge is 2.45. The number of nitrogens with zero attached hydrogens (tertiary/aromatic N) is 2. The van der Waals surface area contributed by atoms with Crippen LogP contribution in [0.5, 0.6) is 0 Å². The number of nitrogen functional groups attached to an aromatic ring is 1. The molecule has 5 amide bonds. The zero-order valence-corrected chi connectivity index (χ0v) is 41.6. The minimum absolute atomic E-state index is 0.0431. The number of nitrogens with one attached hydrogen (secondary N) is 4. The average molecular weight is 1050 g/mol. The van der Waals surface area contributed by atoms with Crippen LogP contribution in [0.3, 0.4) is 0 Å². The highest BCUT2D eigenvalue weighted by molar-refractivity contribution is 7.92. The van der Waals surface area contributed by atoms with Crippen molar-refractivity contribution in [1.29, 1.82) is 0 Å². The maximum atomic E-state index is 15.6. The van der Waals surface area contributed by atoms with Crippen molar-refractivity contribution in [2.45, 2.75) is 43.0 Å². The van der Waals surface area contributed by atoms with Gasteiger partial charge in [0.05, 0.1) is 82.1 Å². The van der Waals surface area contributed by atoms with Gasteiger partial charge in [-0.05, 0) is 78.1 Å². The highest BCUT2D eigenvalue weighted by Crippen LogP contribution is 2.35. The molecule has 0 spiro atoms. The molecule has 1 atom stereocenters. The van der Waals surface area contributed by atoms with E-state index < -0.39 is 45.5 Å². The summed E-state index contributed by atoms with van der Waals surface area (Å²) >= 11 is 0. The van der Waals surface area contributed by atoms with Crippen LogP contribution in [0.25, 0.3) is 22.3 Å². The first kappa shape index (κ1) is 53.8. The van der Waals surface area contributed by atoms with Gasteiger partial charge in [-0.3, -0.25) is 43.7 Å². The number of sulfonamides is 1. The molecule has 0 saturated carbocycles. The molecular weight excluding hydrogens is 994 g/mol. The lowest BCUT2D eigenvalue weighted by molar-refractivity contribution is -0.136. The maximum absolute atomic E-state index is 15.6. The third-order valence-electron chi connectivity index (χ3n) is 12.5. The molecule has 0 bridgehead atoms. The molecule has 6 N–H and O–H groups in total. The number of fused-ring (bicyclic) bond motifs is 2. The summed E-state index contributed by atoms with van der Waals surface area (Å²) in [6.45, 7) is 4.05. The number of carbonyl (C=O) groups excluding carboxylic acids is 6. The highest BCUT2D eigenvalue weighted by atomic mass is 32.2. The Kier molecular flexibility index (Phi) is 18.1. The van der Waals surface area contributed by atoms with E-state index in [9.17, 15) is 37.2 Å². The van der Waals surface area contributed by atoms with E-state index in [0.717, 1.165) is 22.1 Å². The number of benzene rings is 4. The Bertz CT molecular complexity index is 3070. The van der Waals surface area contributed by atoms with Gasteiger partial charge in [-0.15, -0.1) is 0 Å². The summed E-state index contributed by atoms with van der Waals surface area (Å²) in [5.74, 6) is -3.03. The van der Waals surface area contributed by atoms with Crippen molar-refractivity contribution < 1.29 is 65.3 Å². The Morgan fingerprint density at radius 3 is 2.11 bits per heavy atom. The van der Waals surface area contributed by atoms with Crippen LogP contribution in [-0.4, -0.2) is 139 Å². The molecule has 3 aliphatic rings. The normalized spacial score (nSPS) is 15.3. The Hall–Kier alpha value is -7.47. The fourth-order valence-electron chi connectivity index (χ4n) is 8.66. The standard InChI is InChI=1S/C53H56FN7O13S/c54-44-31-39(9-11-40(44)36-30-43(49(55)58-32-36)34-6-10-41-35(29-34)14-16-57-50(41)64)75(68,69)60-37-7-4-33(5-8-37)28-38(62)15-18-70-20-22-72-24-26-74-27-25-73-23-21-71-19-17-56-45-3-1-2-42-48(45)53(67)61(52(42)66)46-12-13-47(63)59-51(46)65/h1-11,29-32,46,56,60H,12-28H2,(H2,55,58)(H,57,64)(H,59,63,65). The Labute approximate surface area is 431 Å². The van der Waals surface area contributed by atoms with Gasteiger partial charge in [0.25, 0.3) is 27.7 Å². The molecule has 5 aromatic rings. The molecule has 1 unspecified atom stereocenters. The van der Waals surface area contributed by atoms with Gasteiger partial charge in [-0.1, -0.05) is 36.4 Å². The van der Waals surface area contributed by atoms with Crippen molar-refractivity contribution in [2.24, 2.45) is 0 Å². The SMILES string of the molecule is Nc1ncc(-c2ccc(S(=O)(=O)Nc3ccc(CC(=O)CCOCCOCCOCCOCCOCCNc4cccc5c4C(=O)N(C4CCC(=O)NC4=O)C5=O)cc3)cc2F)cc1-c1ccc2c(c1)CCNC2=O. The quantitative estimate of drug-likeness (QED) is 0.0362. The number of piperidine rings is 1. The molecule has 394 valence electrons. The summed E-state index contributed by atoms with van der Waals surface area (Å²) in [6, 6.07) is 20.8. The Morgan fingerprint density at radius 2 is 1.41 bits per heavy atom. The summed E-state index contributed by atoms with van der Waals surface area (Å²) in [6.07, 6.45) is 2.50. The number of halogens is 1. The molecular formula is C53H56FN7O13S. The number of ketones is 1. The molecule has 0 aliphatic carbocycles. The molecule has 20 nitrogen and oxygen atoms in total. The summed E-state index contributed by atoms with van der Waals surface area (Å²) in [5, 5.41) is 8.12. The lowest BCUT2D eigenvalue weighted by Gasteiger charge is -2.27. The third-order valence-corrected chi connectivity index (χ3v) is 13.9. The van der Waals surface area contributed by atoms with Crippen LogP contribution in [0.4, 0.5) is 21.6 Å². The number of Topliss-reactive ketones (excluding diaryl/α,β-unsaturated/α-hetero) is 1. The topological polar surface area (TPSA) is 273 Å². The number of nitrogens with two attached hydrogens (primary N) is 1. The number of anilines is 3. The molecule has 22 heteroatoms. The van der Waals surface area contributed by atoms with E-state index in [0.29, 0.717) is 107 Å². The molecule has 1 saturated heterocycles. The fraction of sp³-hybridized carbons (Fsp3) is 0.340. The van der Waals surface area contributed by atoms with Gasteiger partial charge in [0.2, 0.25) is 11.8 Å². The van der Waals surface area contributed by atoms with Crippen LogP contribution in [0, 0.1) is 5.82 Å². The van der Waals surface area contributed by atoms with Gasteiger partial charge in [0.1, 0.15) is 23.5 Å². The molecule has 4 aromatic carbocycles. The summed E-state index contributed by atoms with van der Waals surface area (Å²) in [7, 11) is -4.18. The number of aromatic nitrogens is 1. The Morgan fingerprint density at radius 1 is 0.733 bits per heavy atom. The van der Waals surface area contributed by atoms with Crippen LogP contribution in [0.1, 0.15) is 61.5 Å². The zero-order chi connectivity index (χ0) is 52.9. The first-order valence-corrected chi connectivity index (χ1v) is 25.8. The zero-order valence-electron chi connectivity index (χ0n) is 40.8. The van der Waals surface area contributed by atoms with E-state index in [1.165, 1.54) is 36.5 Å². The predicted octanol–water partition coefficient (Wildman–Crippen LogP) is 4.32. The smallest absolute Gasteiger partial charge is 0.264 e. The first-order valence-electron chi connectivity index (χ1n) is 24.3. The lowest BCUT2D eigenvalue weighted by atomic mass is 9.94. The minimum Gasteiger partial charge on any atom is -0.383 e. The number of amides is 5. The molecule has 1 fully saturated rings. The Balaban J connectivity index is 0.641. The van der Waals surface area contributed by atoms with Crippen LogP contribution >= 0.6 is 0 Å². The number of pyridine rings is 1. The minimum atomic E-state index is -4.18. The van der Waals surface area contributed by atoms with E-state index in [2.05, 4.69) is 25.7 Å². The van der Waals surface area contributed by atoms with Crippen molar-refractivity contribution in [3.63, 3.8) is 0 Å². The van der Waals surface area contributed by atoms with Gasteiger partial charge in [0, 0.05) is 72.2 Å². The van der Waals surface area contributed by atoms with E-state index >= 15 is 4.39 Å². The number of imide groups is 2. The van der Waals surface area contributed by atoms with Crippen molar-refractivity contribution >= 4 is 62.5 Å². The molecule has 4 heterocycles. The second-order valence-corrected chi connectivity index (χ2v) is 19.3. The molecule has 8 rings (SSSR count). The van der Waals surface area contributed by atoms with E-state index in [1.807, 2.05) is 6.07 Å². The van der Waals surface area contributed by atoms with Crippen molar-refractivity contribution in [2.75, 3.05) is 94.9 Å². The first-order chi connectivity index (χ1) is 36.3. The number of rotatable bonds is 27. The van der Waals surface area contributed by atoms with Gasteiger partial charge in [0.15, 0.2) is 0 Å². The van der Waals surface area contributed by atoms with E-state index in [1.54, 1.807) is 42.5 Å². The van der Waals surface area contributed by atoms with E-state index in [-0.39, 0.29) is 77.1 Å². The van der Waals surface area contributed by atoms with E-state index in [4.69, 9.17) is 29.4 Å². The number of ether oxygens (including phenoxy) is 5. The molecule has 3 aliphatic heterocycles. The van der Waals surface area contributed by atoms with Gasteiger partial charge < -0.3 is 40.1 Å². The molecule has 1 aromatic heterocycles. The second kappa shape index (κ2) is 25.2. The van der Waals surface area contributed by atoms with Crippen molar-refractivity contribution in [1.82, 2.24) is 20.5 Å². The van der Waals surface area contributed by atoms with Gasteiger partial charge >= 0.3 is 0 Å². The lowest BCUT2D eigenvalue weighted by Crippen LogP contribution is -2.54. The number of hydrogen-bond donors (Lipinski definition) is 5. The number of carbonyl (C=O) groups is 6. The van der Waals surface area contributed by atoms with Crippen molar-refractivity contribution in [3.8, 4) is 22.3 Å². The van der Waals surface area contributed by atoms with Crippen LogP contribution in [0.15, 0.2) is 96.0 Å². The van der Waals surface area contributed by atoms with Crippen LogP contribution in [-0.2, 0) is 60.9 Å². The summed E-state index contributed by atoms with van der Waals surface area (Å²) in [5.41, 5.74) is 11.2. The van der Waals surface area contributed by atoms with Crippen molar-refractivity contribution in [3.05, 3.63) is 125 Å². The maximum Gasteiger partial charge on any atom is 0.264 e. The summed E-state index contributed by atoms with van der Waals surface area (Å²) < 4.78 is 72.3.